The second-order valence-corrected chi connectivity index (χ2v) is 8.16. The van der Waals surface area contributed by atoms with Crippen LogP contribution in [-0.2, 0) is 0 Å². The lowest BCUT2D eigenvalue weighted by Crippen LogP contribution is -2.43. The molecular formula is C22H26N6O5. The lowest BCUT2D eigenvalue weighted by molar-refractivity contribution is -0.384. The molecule has 0 unspecified atom stereocenters. The Morgan fingerprint density at radius 3 is 2.18 bits per heavy atom. The molecule has 2 fully saturated rings. The molecule has 0 radical (unpaired) electrons. The molecule has 2 aromatic rings. The highest BCUT2D eigenvalue weighted by molar-refractivity contribution is 6.09. The van der Waals surface area contributed by atoms with Gasteiger partial charge in [-0.1, -0.05) is 0 Å². The third-order valence-electron chi connectivity index (χ3n) is 6.02. The van der Waals surface area contributed by atoms with Gasteiger partial charge in [-0.05, 0) is 37.5 Å². The van der Waals surface area contributed by atoms with Crippen LogP contribution >= 0.6 is 0 Å². The maximum atomic E-state index is 13.2. The molecule has 2 aliphatic rings. The number of rotatable bonds is 6. The van der Waals surface area contributed by atoms with Crippen LogP contribution in [0, 0.1) is 20.2 Å². The van der Waals surface area contributed by atoms with Gasteiger partial charge in [0, 0.05) is 63.2 Å². The number of nitrogens with zero attached hydrogens (tertiary/aromatic N) is 4. The molecule has 0 bridgehead atoms. The van der Waals surface area contributed by atoms with Gasteiger partial charge in [0.2, 0.25) is 0 Å². The van der Waals surface area contributed by atoms with Crippen LogP contribution in [0.15, 0.2) is 36.4 Å². The van der Waals surface area contributed by atoms with Gasteiger partial charge < -0.3 is 20.4 Å². The van der Waals surface area contributed by atoms with Crippen molar-refractivity contribution < 1.29 is 14.6 Å². The number of carbonyl (C=O) groups excluding carboxylic acids is 1. The zero-order valence-corrected chi connectivity index (χ0v) is 18.2. The maximum Gasteiger partial charge on any atom is 0.294 e. The quantitative estimate of drug-likeness (QED) is 0.502. The van der Waals surface area contributed by atoms with Crippen LogP contribution in [0.25, 0.3) is 0 Å². The van der Waals surface area contributed by atoms with Gasteiger partial charge in [-0.3, -0.25) is 25.0 Å². The van der Waals surface area contributed by atoms with Crippen molar-refractivity contribution in [2.24, 2.45) is 0 Å². The molecule has 2 heterocycles. The summed E-state index contributed by atoms with van der Waals surface area (Å²) in [6, 6.07) is 8.87. The van der Waals surface area contributed by atoms with E-state index < -0.39 is 15.8 Å². The van der Waals surface area contributed by atoms with Crippen LogP contribution in [-0.4, -0.2) is 55.0 Å². The number of carbonyl (C=O) groups is 1. The molecule has 2 saturated heterocycles. The molecular weight excluding hydrogens is 428 g/mol. The van der Waals surface area contributed by atoms with Crippen molar-refractivity contribution >= 4 is 34.3 Å². The minimum absolute atomic E-state index is 0.0926. The van der Waals surface area contributed by atoms with Gasteiger partial charge in [0.15, 0.2) is 0 Å². The highest BCUT2D eigenvalue weighted by atomic mass is 16.6. The lowest BCUT2D eigenvalue weighted by Gasteiger charge is -2.30. The number of nitro groups is 2. The van der Waals surface area contributed by atoms with Crippen LogP contribution in [0.2, 0.25) is 0 Å². The first-order valence-corrected chi connectivity index (χ1v) is 11.0. The molecule has 0 atom stereocenters. The van der Waals surface area contributed by atoms with Crippen molar-refractivity contribution in [3.8, 4) is 0 Å². The van der Waals surface area contributed by atoms with Crippen molar-refractivity contribution in [2.75, 3.05) is 54.4 Å². The summed E-state index contributed by atoms with van der Waals surface area (Å²) in [4.78, 5) is 39.2. The molecule has 4 rings (SSSR count). The number of hydrogen-bond donors (Lipinski definition) is 2. The number of non-ortho nitro benzene ring substituents is 1. The summed E-state index contributed by atoms with van der Waals surface area (Å²) in [7, 11) is 0. The van der Waals surface area contributed by atoms with Crippen molar-refractivity contribution in [3.63, 3.8) is 0 Å². The molecule has 2 aromatic carbocycles. The van der Waals surface area contributed by atoms with E-state index in [2.05, 4.69) is 15.5 Å². The van der Waals surface area contributed by atoms with Crippen LogP contribution in [0.1, 0.15) is 29.6 Å². The van der Waals surface area contributed by atoms with Crippen molar-refractivity contribution in [3.05, 3.63) is 62.2 Å². The summed E-state index contributed by atoms with van der Waals surface area (Å²) >= 11 is 0. The second-order valence-electron chi connectivity index (χ2n) is 8.16. The molecule has 0 spiro atoms. The van der Waals surface area contributed by atoms with Crippen LogP contribution in [0.4, 0.5) is 28.4 Å². The summed E-state index contributed by atoms with van der Waals surface area (Å²) in [5, 5.41) is 28.9. The molecule has 0 aromatic heterocycles. The molecule has 0 aliphatic carbocycles. The fourth-order valence-corrected chi connectivity index (χ4v) is 4.35. The summed E-state index contributed by atoms with van der Waals surface area (Å²) in [6.45, 7) is 4.31. The first-order valence-electron chi connectivity index (χ1n) is 11.0. The molecule has 174 valence electrons. The maximum absolute atomic E-state index is 13.2. The fraction of sp³-hybridized carbons (Fsp3) is 0.409. The van der Waals surface area contributed by atoms with E-state index in [4.69, 9.17) is 0 Å². The number of nitrogens with one attached hydrogen (secondary N) is 2. The van der Waals surface area contributed by atoms with Gasteiger partial charge in [-0.15, -0.1) is 0 Å². The SMILES string of the molecule is O=C(Nc1ccc(N2CCNCC2)c([N+](=O)[O-])c1)c1cc([N+](=O)[O-])ccc1N1CCCCC1. The van der Waals surface area contributed by atoms with Crippen LogP contribution in [0.3, 0.4) is 0 Å². The Morgan fingerprint density at radius 1 is 0.848 bits per heavy atom. The predicted molar refractivity (Wildman–Crippen MR) is 125 cm³/mol. The minimum Gasteiger partial charge on any atom is -0.371 e. The highest BCUT2D eigenvalue weighted by Gasteiger charge is 2.25. The smallest absolute Gasteiger partial charge is 0.294 e. The Labute approximate surface area is 190 Å². The first kappa shape index (κ1) is 22.5. The number of benzene rings is 2. The summed E-state index contributed by atoms with van der Waals surface area (Å²) in [6.07, 6.45) is 3.07. The third kappa shape index (κ3) is 5.03. The van der Waals surface area contributed by atoms with Gasteiger partial charge in [0.25, 0.3) is 17.3 Å². The summed E-state index contributed by atoms with van der Waals surface area (Å²) in [5.74, 6) is -0.538. The standard InChI is InChI=1S/C22H26N6O5/c29-22(18-15-17(27(30)31)5-7-19(18)25-10-2-1-3-11-25)24-16-4-6-20(21(14-16)28(32)33)26-12-8-23-9-13-26/h4-7,14-15,23H,1-3,8-13H2,(H,24,29). The number of anilines is 3. The summed E-state index contributed by atoms with van der Waals surface area (Å²) < 4.78 is 0. The zero-order valence-electron chi connectivity index (χ0n) is 18.2. The fourth-order valence-electron chi connectivity index (χ4n) is 4.35. The number of hydrogen-bond acceptors (Lipinski definition) is 8. The number of nitro benzene ring substituents is 2. The van der Waals surface area contributed by atoms with Crippen LogP contribution < -0.4 is 20.4 Å². The van der Waals surface area contributed by atoms with E-state index in [9.17, 15) is 25.0 Å². The molecule has 11 heteroatoms. The van der Waals surface area contributed by atoms with E-state index in [0.717, 1.165) is 45.4 Å². The lowest BCUT2D eigenvalue weighted by atomic mass is 10.1. The Kier molecular flexibility index (Phi) is 6.68. The van der Waals surface area contributed by atoms with Gasteiger partial charge in [-0.25, -0.2) is 0 Å². The van der Waals surface area contributed by atoms with Crippen molar-refractivity contribution in [1.29, 1.82) is 0 Å². The Hall–Kier alpha value is -3.73. The zero-order chi connectivity index (χ0) is 23.4. The van der Waals surface area contributed by atoms with Gasteiger partial charge in [0.05, 0.1) is 21.1 Å². The monoisotopic (exact) mass is 454 g/mol. The third-order valence-corrected chi connectivity index (χ3v) is 6.02. The van der Waals surface area contributed by atoms with E-state index in [1.54, 1.807) is 18.2 Å². The van der Waals surface area contributed by atoms with Gasteiger partial charge in [0.1, 0.15) is 5.69 Å². The van der Waals surface area contributed by atoms with Crippen LogP contribution in [0.5, 0.6) is 0 Å². The Balaban J connectivity index is 1.63. The van der Waals surface area contributed by atoms with E-state index >= 15 is 0 Å². The minimum atomic E-state index is -0.538. The topological polar surface area (TPSA) is 134 Å². The van der Waals surface area contributed by atoms with E-state index in [1.165, 1.54) is 18.2 Å². The van der Waals surface area contributed by atoms with Gasteiger partial charge >= 0.3 is 0 Å². The van der Waals surface area contributed by atoms with Crippen molar-refractivity contribution in [1.82, 2.24) is 5.32 Å². The average Bonchev–Trinajstić information content (AvgIpc) is 2.84. The normalized spacial score (nSPS) is 16.4. The van der Waals surface area contributed by atoms with E-state index in [0.29, 0.717) is 24.5 Å². The highest BCUT2D eigenvalue weighted by Crippen LogP contribution is 2.33. The first-order chi connectivity index (χ1) is 15.9. The van der Waals surface area contributed by atoms with E-state index in [-0.39, 0.29) is 22.6 Å². The second kappa shape index (κ2) is 9.82. The largest absolute Gasteiger partial charge is 0.371 e. The molecule has 2 N–H and O–H groups in total. The van der Waals surface area contributed by atoms with Gasteiger partial charge in [-0.2, -0.15) is 0 Å². The Bertz CT molecular complexity index is 1060. The molecule has 2 aliphatic heterocycles. The molecule has 1 amide bonds. The number of piperazine rings is 1. The van der Waals surface area contributed by atoms with Crippen molar-refractivity contribution in [2.45, 2.75) is 19.3 Å². The molecule has 11 nitrogen and oxygen atoms in total. The molecule has 33 heavy (non-hydrogen) atoms. The Morgan fingerprint density at radius 2 is 1.52 bits per heavy atom. The number of amides is 1. The molecule has 0 saturated carbocycles. The number of piperidine rings is 1. The van der Waals surface area contributed by atoms with E-state index in [1.807, 2.05) is 4.90 Å². The average molecular weight is 454 g/mol. The predicted octanol–water partition coefficient (Wildman–Crippen LogP) is 3.16. The summed E-state index contributed by atoms with van der Waals surface area (Å²) in [5.41, 5.74) is 1.31.